The Hall–Kier alpha value is -1.42. The van der Waals surface area contributed by atoms with Crippen molar-refractivity contribution in [2.24, 2.45) is 5.92 Å². The number of nitrogens with zero attached hydrogens (tertiary/aromatic N) is 1. The van der Waals surface area contributed by atoms with Gasteiger partial charge in [-0.25, -0.2) is 4.98 Å². The van der Waals surface area contributed by atoms with E-state index >= 15 is 0 Å². The number of pyridine rings is 1. The lowest BCUT2D eigenvalue weighted by molar-refractivity contribution is -0.127. The highest BCUT2D eigenvalue weighted by molar-refractivity contribution is 5.92. The molecule has 92 valence electrons. The van der Waals surface area contributed by atoms with Gasteiger partial charge in [0.15, 0.2) is 0 Å². The lowest BCUT2D eigenvalue weighted by Gasteiger charge is -2.27. The first-order chi connectivity index (χ1) is 8.16. The highest BCUT2D eigenvalue weighted by Gasteiger charge is 2.28. The van der Waals surface area contributed by atoms with Crippen LogP contribution in [0.4, 0.5) is 5.82 Å². The van der Waals surface area contributed by atoms with E-state index in [-0.39, 0.29) is 17.9 Å². The first kappa shape index (κ1) is 12.0. The second-order valence-electron chi connectivity index (χ2n) is 4.53. The number of nitrogens with one attached hydrogen (secondary N) is 1. The fourth-order valence-corrected chi connectivity index (χ4v) is 2.03. The van der Waals surface area contributed by atoms with E-state index in [1.807, 2.05) is 26.0 Å². The third-order valence-electron chi connectivity index (χ3n) is 3.11. The highest BCUT2D eigenvalue weighted by atomic mass is 16.5. The van der Waals surface area contributed by atoms with E-state index in [2.05, 4.69) is 10.3 Å². The van der Waals surface area contributed by atoms with E-state index in [0.717, 1.165) is 25.0 Å². The van der Waals surface area contributed by atoms with E-state index in [0.29, 0.717) is 5.82 Å². The van der Waals surface area contributed by atoms with E-state index in [4.69, 9.17) is 4.74 Å². The fourth-order valence-electron chi connectivity index (χ4n) is 2.03. The second-order valence-corrected chi connectivity index (χ2v) is 4.53. The number of carbonyl (C=O) groups excluding carboxylic acids is 1. The Morgan fingerprint density at radius 1 is 1.53 bits per heavy atom. The molecule has 0 saturated carbocycles. The van der Waals surface area contributed by atoms with Crippen molar-refractivity contribution in [2.45, 2.75) is 32.8 Å². The van der Waals surface area contributed by atoms with Gasteiger partial charge in [0.05, 0.1) is 12.0 Å². The minimum atomic E-state index is -0.0631. The topological polar surface area (TPSA) is 51.2 Å². The number of anilines is 1. The summed E-state index contributed by atoms with van der Waals surface area (Å²) in [4.78, 5) is 16.2. The lowest BCUT2D eigenvalue weighted by Crippen LogP contribution is -2.36. The van der Waals surface area contributed by atoms with Gasteiger partial charge in [-0.1, -0.05) is 6.07 Å². The van der Waals surface area contributed by atoms with Gasteiger partial charge in [-0.15, -0.1) is 0 Å². The van der Waals surface area contributed by atoms with Crippen LogP contribution in [-0.2, 0) is 9.53 Å². The SMILES string of the molecule is Cc1ccc(NC(=O)[C@@H]2CCCO[C@@H]2C)nc1. The van der Waals surface area contributed by atoms with Crippen LogP contribution >= 0.6 is 0 Å². The summed E-state index contributed by atoms with van der Waals surface area (Å²) in [5.41, 5.74) is 1.08. The Bertz CT molecular complexity index is 389. The molecule has 17 heavy (non-hydrogen) atoms. The standard InChI is InChI=1S/C13H18N2O2/c1-9-5-6-12(14-8-9)15-13(16)11-4-3-7-17-10(11)2/h5-6,8,10-11H,3-4,7H2,1-2H3,(H,14,15,16)/t10-,11-/m1/s1. The molecule has 1 aliphatic rings. The zero-order valence-electron chi connectivity index (χ0n) is 10.3. The Balaban J connectivity index is 1.98. The number of hydrogen-bond acceptors (Lipinski definition) is 3. The van der Waals surface area contributed by atoms with Crippen molar-refractivity contribution in [1.82, 2.24) is 4.98 Å². The molecule has 4 heteroatoms. The summed E-state index contributed by atoms with van der Waals surface area (Å²) in [5.74, 6) is 0.554. The van der Waals surface area contributed by atoms with Gasteiger partial charge < -0.3 is 10.1 Å². The predicted molar refractivity (Wildman–Crippen MR) is 65.7 cm³/mol. The van der Waals surface area contributed by atoms with E-state index in [1.165, 1.54) is 0 Å². The van der Waals surface area contributed by atoms with Crippen molar-refractivity contribution < 1.29 is 9.53 Å². The van der Waals surface area contributed by atoms with Crippen molar-refractivity contribution in [1.29, 1.82) is 0 Å². The van der Waals surface area contributed by atoms with Gasteiger partial charge in [0.2, 0.25) is 5.91 Å². The number of ether oxygens (including phenoxy) is 1. The lowest BCUT2D eigenvalue weighted by atomic mass is 9.94. The molecule has 1 fully saturated rings. The minimum absolute atomic E-state index is 0.00537. The molecule has 4 nitrogen and oxygen atoms in total. The van der Waals surface area contributed by atoms with Crippen molar-refractivity contribution in [3.63, 3.8) is 0 Å². The van der Waals surface area contributed by atoms with Gasteiger partial charge in [-0.05, 0) is 38.3 Å². The zero-order valence-corrected chi connectivity index (χ0v) is 10.3. The first-order valence-electron chi connectivity index (χ1n) is 6.02. The molecule has 1 amide bonds. The molecule has 1 aromatic rings. The Morgan fingerprint density at radius 2 is 2.35 bits per heavy atom. The molecule has 1 aliphatic heterocycles. The summed E-state index contributed by atoms with van der Waals surface area (Å²) < 4.78 is 5.49. The van der Waals surface area contributed by atoms with Crippen LogP contribution < -0.4 is 5.32 Å². The van der Waals surface area contributed by atoms with Crippen LogP contribution in [0.15, 0.2) is 18.3 Å². The number of carbonyl (C=O) groups is 1. The van der Waals surface area contributed by atoms with Crippen LogP contribution in [0.2, 0.25) is 0 Å². The van der Waals surface area contributed by atoms with Crippen molar-refractivity contribution in [3.8, 4) is 0 Å². The molecule has 0 bridgehead atoms. The summed E-state index contributed by atoms with van der Waals surface area (Å²) in [6.45, 7) is 4.68. The molecule has 0 radical (unpaired) electrons. The zero-order chi connectivity index (χ0) is 12.3. The predicted octanol–water partition coefficient (Wildman–Crippen LogP) is 2.14. The van der Waals surface area contributed by atoms with Gasteiger partial charge in [0.1, 0.15) is 5.82 Å². The molecular formula is C13H18N2O2. The van der Waals surface area contributed by atoms with Gasteiger partial charge in [-0.2, -0.15) is 0 Å². The van der Waals surface area contributed by atoms with Gasteiger partial charge in [-0.3, -0.25) is 4.79 Å². The number of rotatable bonds is 2. The number of hydrogen-bond donors (Lipinski definition) is 1. The summed E-state index contributed by atoms with van der Waals surface area (Å²) in [6.07, 6.45) is 3.58. The third kappa shape index (κ3) is 3.03. The van der Waals surface area contributed by atoms with Crippen molar-refractivity contribution in [3.05, 3.63) is 23.9 Å². The minimum Gasteiger partial charge on any atom is -0.378 e. The van der Waals surface area contributed by atoms with Crippen molar-refractivity contribution >= 4 is 11.7 Å². The molecule has 1 aromatic heterocycles. The second kappa shape index (κ2) is 5.27. The maximum atomic E-state index is 12.0. The van der Waals surface area contributed by atoms with Gasteiger partial charge in [0.25, 0.3) is 0 Å². The third-order valence-corrected chi connectivity index (χ3v) is 3.11. The molecule has 2 atom stereocenters. The van der Waals surface area contributed by atoms with Crippen LogP contribution in [0.3, 0.4) is 0 Å². The smallest absolute Gasteiger partial charge is 0.231 e. The first-order valence-corrected chi connectivity index (χ1v) is 6.02. The van der Waals surface area contributed by atoms with E-state index in [1.54, 1.807) is 6.20 Å². The largest absolute Gasteiger partial charge is 0.378 e. The summed E-state index contributed by atoms with van der Waals surface area (Å²) in [7, 11) is 0. The van der Waals surface area contributed by atoms with Crippen LogP contribution in [0, 0.1) is 12.8 Å². The number of aromatic nitrogens is 1. The molecule has 0 spiro atoms. The van der Waals surface area contributed by atoms with Gasteiger partial charge >= 0.3 is 0 Å². The molecule has 0 aromatic carbocycles. The van der Waals surface area contributed by atoms with Crippen LogP contribution in [0.1, 0.15) is 25.3 Å². The van der Waals surface area contributed by atoms with E-state index < -0.39 is 0 Å². The molecule has 1 saturated heterocycles. The summed E-state index contributed by atoms with van der Waals surface area (Å²) >= 11 is 0. The molecule has 0 unspecified atom stereocenters. The van der Waals surface area contributed by atoms with Crippen LogP contribution in [0.5, 0.6) is 0 Å². The molecule has 2 rings (SSSR count). The normalized spacial score (nSPS) is 24.4. The summed E-state index contributed by atoms with van der Waals surface area (Å²) in [5, 5.41) is 2.84. The Kier molecular flexibility index (Phi) is 3.74. The Morgan fingerprint density at radius 3 is 3.00 bits per heavy atom. The van der Waals surface area contributed by atoms with Crippen LogP contribution in [-0.4, -0.2) is 23.6 Å². The molecule has 1 N–H and O–H groups in total. The average Bonchev–Trinajstić information content (AvgIpc) is 2.32. The quantitative estimate of drug-likeness (QED) is 0.853. The van der Waals surface area contributed by atoms with Crippen LogP contribution in [0.25, 0.3) is 0 Å². The maximum Gasteiger partial charge on any atom is 0.231 e. The molecule has 2 heterocycles. The molecule has 0 aliphatic carbocycles. The fraction of sp³-hybridized carbons (Fsp3) is 0.538. The van der Waals surface area contributed by atoms with E-state index in [9.17, 15) is 4.79 Å². The number of amides is 1. The molecular weight excluding hydrogens is 216 g/mol. The maximum absolute atomic E-state index is 12.0. The average molecular weight is 234 g/mol. The van der Waals surface area contributed by atoms with Gasteiger partial charge in [0, 0.05) is 12.8 Å². The van der Waals surface area contributed by atoms with Crippen molar-refractivity contribution in [2.75, 3.05) is 11.9 Å². The number of aryl methyl sites for hydroxylation is 1. The highest BCUT2D eigenvalue weighted by Crippen LogP contribution is 2.21. The summed E-state index contributed by atoms with van der Waals surface area (Å²) in [6, 6.07) is 3.75. The monoisotopic (exact) mass is 234 g/mol. The Labute approximate surface area is 101 Å².